The second kappa shape index (κ2) is 5.77. The molecule has 1 N–H and O–H groups in total. The Morgan fingerprint density at radius 2 is 1.63 bits per heavy atom. The summed E-state index contributed by atoms with van der Waals surface area (Å²) in [5.74, 6) is -1.73. The van der Waals surface area contributed by atoms with Gasteiger partial charge in [0.2, 0.25) is 10.0 Å². The first-order valence-corrected chi connectivity index (χ1v) is 6.67. The Labute approximate surface area is 111 Å². The maximum absolute atomic E-state index is 11.8. The Morgan fingerprint density at radius 1 is 1.11 bits per heavy atom. The molecule has 0 spiro atoms. The first-order valence-electron chi connectivity index (χ1n) is 5.23. The van der Waals surface area contributed by atoms with Crippen LogP contribution in [0.2, 0.25) is 0 Å². The number of carboxylic acids is 1. The fraction of sp³-hybridized carbons (Fsp3) is 0.167. The Morgan fingerprint density at radius 3 is 2.05 bits per heavy atom. The van der Waals surface area contributed by atoms with E-state index in [2.05, 4.69) is 0 Å². The fourth-order valence-electron chi connectivity index (χ4n) is 1.25. The summed E-state index contributed by atoms with van der Waals surface area (Å²) in [6, 6.07) is 5.28. The van der Waals surface area contributed by atoms with Crippen LogP contribution in [0.4, 0.5) is 0 Å². The van der Waals surface area contributed by atoms with E-state index in [9.17, 15) is 18.0 Å². The number of allylic oxidation sites excluding steroid dienone is 1. The second-order valence-corrected chi connectivity index (χ2v) is 6.00. The van der Waals surface area contributed by atoms with Crippen LogP contribution in [-0.4, -0.2) is 43.7 Å². The highest BCUT2D eigenvalue weighted by Gasteiger charge is 2.17. The van der Waals surface area contributed by atoms with Crippen LogP contribution in [0, 0.1) is 0 Å². The largest absolute Gasteiger partial charge is 0.478 e. The SMILES string of the molecule is CN(C)S(=O)(=O)c1ccc(C(=O)/C=C/C(=O)O)cc1. The lowest BCUT2D eigenvalue weighted by Crippen LogP contribution is -2.22. The van der Waals surface area contributed by atoms with E-state index in [4.69, 9.17) is 5.11 Å². The number of ketones is 1. The highest BCUT2D eigenvalue weighted by atomic mass is 32.2. The molecule has 0 radical (unpaired) electrons. The van der Waals surface area contributed by atoms with Crippen LogP contribution < -0.4 is 0 Å². The molecule has 1 aromatic carbocycles. The molecular weight excluding hydrogens is 270 g/mol. The minimum Gasteiger partial charge on any atom is -0.478 e. The van der Waals surface area contributed by atoms with Gasteiger partial charge in [-0.25, -0.2) is 17.5 Å². The third kappa shape index (κ3) is 3.73. The lowest BCUT2D eigenvalue weighted by Gasteiger charge is -2.11. The van der Waals surface area contributed by atoms with Crippen LogP contribution in [0.3, 0.4) is 0 Å². The molecule has 0 bridgehead atoms. The van der Waals surface area contributed by atoms with Crippen LogP contribution >= 0.6 is 0 Å². The predicted octanol–water partition coefficient (Wildman–Crippen LogP) is 0.760. The Bertz CT molecular complexity index is 614. The van der Waals surface area contributed by atoms with E-state index in [0.717, 1.165) is 16.5 Å². The number of carboxylic acid groups (broad SMARTS) is 1. The number of hydrogen-bond acceptors (Lipinski definition) is 4. The molecule has 19 heavy (non-hydrogen) atoms. The average Bonchev–Trinajstić information content (AvgIpc) is 2.35. The molecule has 0 saturated heterocycles. The Hall–Kier alpha value is -1.99. The van der Waals surface area contributed by atoms with Gasteiger partial charge in [0, 0.05) is 25.7 Å². The van der Waals surface area contributed by atoms with E-state index in [-0.39, 0.29) is 10.5 Å². The number of sulfonamides is 1. The highest BCUT2D eigenvalue weighted by molar-refractivity contribution is 7.89. The zero-order valence-electron chi connectivity index (χ0n) is 10.4. The first kappa shape index (κ1) is 15.1. The van der Waals surface area contributed by atoms with Crippen molar-refractivity contribution < 1.29 is 23.1 Å². The monoisotopic (exact) mass is 283 g/mol. The van der Waals surface area contributed by atoms with Crippen molar-refractivity contribution in [2.45, 2.75) is 4.90 Å². The topological polar surface area (TPSA) is 91.8 Å². The molecule has 0 aromatic heterocycles. The summed E-state index contributed by atoms with van der Waals surface area (Å²) in [6.07, 6.45) is 1.64. The van der Waals surface area contributed by atoms with Gasteiger partial charge in [0.15, 0.2) is 5.78 Å². The molecule has 0 heterocycles. The maximum Gasteiger partial charge on any atom is 0.328 e. The van der Waals surface area contributed by atoms with Crippen LogP contribution in [0.5, 0.6) is 0 Å². The van der Waals surface area contributed by atoms with Gasteiger partial charge in [-0.15, -0.1) is 0 Å². The summed E-state index contributed by atoms with van der Waals surface area (Å²) < 4.78 is 24.6. The molecule has 0 aliphatic rings. The molecule has 1 rings (SSSR count). The van der Waals surface area contributed by atoms with E-state index in [1.165, 1.54) is 38.4 Å². The fourth-order valence-corrected chi connectivity index (χ4v) is 2.15. The molecule has 102 valence electrons. The van der Waals surface area contributed by atoms with Crippen molar-refractivity contribution in [1.82, 2.24) is 4.31 Å². The van der Waals surface area contributed by atoms with E-state index in [1.807, 2.05) is 0 Å². The van der Waals surface area contributed by atoms with Gasteiger partial charge in [0.1, 0.15) is 0 Å². The van der Waals surface area contributed by atoms with Crippen LogP contribution in [0.15, 0.2) is 41.3 Å². The van der Waals surface area contributed by atoms with Crippen LogP contribution in [0.1, 0.15) is 10.4 Å². The maximum atomic E-state index is 11.8. The van der Waals surface area contributed by atoms with E-state index in [1.54, 1.807) is 0 Å². The minimum atomic E-state index is -3.54. The molecule has 6 nitrogen and oxygen atoms in total. The second-order valence-electron chi connectivity index (χ2n) is 3.85. The highest BCUT2D eigenvalue weighted by Crippen LogP contribution is 2.14. The molecule has 0 fully saturated rings. The zero-order valence-corrected chi connectivity index (χ0v) is 11.2. The number of aliphatic carboxylic acids is 1. The predicted molar refractivity (Wildman–Crippen MR) is 68.4 cm³/mol. The van der Waals surface area contributed by atoms with Gasteiger partial charge >= 0.3 is 5.97 Å². The number of rotatable bonds is 5. The summed E-state index contributed by atoms with van der Waals surface area (Å²) in [4.78, 5) is 21.9. The molecule has 0 aliphatic carbocycles. The summed E-state index contributed by atoms with van der Waals surface area (Å²) in [6.45, 7) is 0. The van der Waals surface area contributed by atoms with Gasteiger partial charge in [-0.05, 0) is 30.3 Å². The van der Waals surface area contributed by atoms with E-state index < -0.39 is 21.8 Å². The lowest BCUT2D eigenvalue weighted by molar-refractivity contribution is -0.131. The lowest BCUT2D eigenvalue weighted by atomic mass is 10.1. The van der Waals surface area contributed by atoms with Crippen molar-refractivity contribution in [2.24, 2.45) is 0 Å². The Kier molecular flexibility index (Phi) is 4.57. The van der Waals surface area contributed by atoms with Gasteiger partial charge in [0.25, 0.3) is 0 Å². The third-order valence-electron chi connectivity index (χ3n) is 2.29. The molecule has 0 saturated carbocycles. The summed E-state index contributed by atoms with van der Waals surface area (Å²) in [5, 5.41) is 8.40. The van der Waals surface area contributed by atoms with Gasteiger partial charge in [-0.2, -0.15) is 0 Å². The van der Waals surface area contributed by atoms with Gasteiger partial charge in [-0.1, -0.05) is 0 Å². The van der Waals surface area contributed by atoms with Crippen LogP contribution in [-0.2, 0) is 14.8 Å². The van der Waals surface area contributed by atoms with Gasteiger partial charge in [-0.3, -0.25) is 4.79 Å². The van der Waals surface area contributed by atoms with E-state index >= 15 is 0 Å². The average molecular weight is 283 g/mol. The summed E-state index contributed by atoms with van der Waals surface area (Å²) in [5.41, 5.74) is 0.218. The first-order chi connectivity index (χ1) is 8.75. The van der Waals surface area contributed by atoms with Gasteiger partial charge < -0.3 is 5.11 Å². The summed E-state index contributed by atoms with van der Waals surface area (Å²) >= 11 is 0. The minimum absolute atomic E-state index is 0.0660. The normalized spacial score (nSPS) is 11.9. The van der Waals surface area contributed by atoms with Crippen molar-refractivity contribution in [3.8, 4) is 0 Å². The third-order valence-corrected chi connectivity index (χ3v) is 4.12. The molecule has 1 aromatic rings. The number of carbonyl (C=O) groups is 2. The van der Waals surface area contributed by atoms with Crippen molar-refractivity contribution in [2.75, 3.05) is 14.1 Å². The standard InChI is InChI=1S/C12H13NO5S/c1-13(2)19(17,18)10-5-3-9(4-6-10)11(14)7-8-12(15)16/h3-8H,1-2H3,(H,15,16)/b8-7+. The number of carbonyl (C=O) groups excluding carboxylic acids is 1. The molecule has 0 amide bonds. The van der Waals surface area contributed by atoms with Crippen molar-refractivity contribution in [3.05, 3.63) is 42.0 Å². The van der Waals surface area contributed by atoms with Crippen LogP contribution in [0.25, 0.3) is 0 Å². The van der Waals surface area contributed by atoms with Crippen molar-refractivity contribution in [3.63, 3.8) is 0 Å². The molecular formula is C12H13NO5S. The summed E-state index contributed by atoms with van der Waals surface area (Å²) in [7, 11) is -0.722. The quantitative estimate of drug-likeness (QED) is 0.636. The van der Waals surface area contributed by atoms with Crippen molar-refractivity contribution in [1.29, 1.82) is 0 Å². The Balaban J connectivity index is 3.01. The van der Waals surface area contributed by atoms with Gasteiger partial charge in [0.05, 0.1) is 4.90 Å². The molecule has 0 aliphatic heterocycles. The smallest absolute Gasteiger partial charge is 0.328 e. The molecule has 7 heteroatoms. The molecule has 0 atom stereocenters. The molecule has 0 unspecified atom stereocenters. The number of benzene rings is 1. The van der Waals surface area contributed by atoms with Crippen molar-refractivity contribution >= 4 is 21.8 Å². The van der Waals surface area contributed by atoms with E-state index in [0.29, 0.717) is 0 Å². The zero-order chi connectivity index (χ0) is 14.6. The number of nitrogens with zero attached hydrogens (tertiary/aromatic N) is 1. The number of hydrogen-bond donors (Lipinski definition) is 1.